The number of hydrogen-bond acceptors (Lipinski definition) is 4. The number of hydrogen-bond donors (Lipinski definition) is 1. The number of nitrogens with zero attached hydrogens (tertiary/aromatic N) is 2. The predicted molar refractivity (Wildman–Crippen MR) is 99.4 cm³/mol. The van der Waals surface area contributed by atoms with Crippen LogP contribution >= 0.6 is 11.6 Å². The summed E-state index contributed by atoms with van der Waals surface area (Å²) >= 11 is 6.06. The molecule has 2 aromatic rings. The van der Waals surface area contributed by atoms with E-state index in [1.807, 2.05) is 18.7 Å². The molecule has 1 N–H and O–H groups in total. The van der Waals surface area contributed by atoms with E-state index in [-0.39, 0.29) is 17.9 Å². The predicted octanol–water partition coefficient (Wildman–Crippen LogP) is 4.27. The highest BCUT2D eigenvalue weighted by Gasteiger charge is 2.35. The van der Waals surface area contributed by atoms with Gasteiger partial charge in [0.25, 0.3) is 5.91 Å². The molecule has 1 aromatic carbocycles. The number of amides is 2. The van der Waals surface area contributed by atoms with E-state index in [9.17, 15) is 9.59 Å². The smallest absolute Gasteiger partial charge is 0.256 e. The monoisotopic (exact) mass is 375 g/mol. The van der Waals surface area contributed by atoms with Crippen LogP contribution in [0.1, 0.15) is 59.6 Å². The molecule has 0 radical (unpaired) electrons. The maximum Gasteiger partial charge on any atom is 0.256 e. The van der Waals surface area contributed by atoms with Crippen LogP contribution in [0.5, 0.6) is 0 Å². The van der Waals surface area contributed by atoms with Gasteiger partial charge in [-0.1, -0.05) is 23.7 Å². The molecule has 2 heterocycles. The molecule has 1 unspecified atom stereocenters. The third-order valence-electron chi connectivity index (χ3n) is 4.74. The molecule has 1 fully saturated rings. The molecule has 1 aromatic heterocycles. The van der Waals surface area contributed by atoms with Crippen LogP contribution in [0.2, 0.25) is 5.02 Å². The lowest BCUT2D eigenvalue weighted by Gasteiger charge is -2.26. The summed E-state index contributed by atoms with van der Waals surface area (Å²) in [5.74, 6) is 0.448. The van der Waals surface area contributed by atoms with Crippen molar-refractivity contribution in [3.63, 3.8) is 0 Å². The normalized spacial score (nSPS) is 16.8. The van der Waals surface area contributed by atoms with Crippen molar-refractivity contribution in [1.29, 1.82) is 0 Å². The molecule has 0 bridgehead atoms. The Morgan fingerprint density at radius 1 is 1.38 bits per heavy atom. The fourth-order valence-corrected chi connectivity index (χ4v) is 3.65. The number of likely N-dealkylation sites (tertiary alicyclic amines) is 1. The van der Waals surface area contributed by atoms with Gasteiger partial charge in [-0.2, -0.15) is 0 Å². The molecule has 26 heavy (non-hydrogen) atoms. The Balaban J connectivity index is 1.95. The lowest BCUT2D eigenvalue weighted by Crippen LogP contribution is -2.32. The molecule has 0 saturated carbocycles. The van der Waals surface area contributed by atoms with Crippen molar-refractivity contribution in [2.45, 2.75) is 46.1 Å². The third-order valence-corrected chi connectivity index (χ3v) is 4.98. The Hall–Kier alpha value is -2.34. The third kappa shape index (κ3) is 3.46. The molecular formula is C19H22ClN3O3. The quantitative estimate of drug-likeness (QED) is 0.865. The van der Waals surface area contributed by atoms with Crippen LogP contribution in [-0.2, 0) is 4.79 Å². The molecule has 0 aliphatic carbocycles. The number of carbonyl (C=O) groups excluding carboxylic acids is 2. The molecule has 2 amide bonds. The minimum Gasteiger partial charge on any atom is -0.361 e. The molecule has 1 aliphatic heterocycles. The van der Waals surface area contributed by atoms with E-state index >= 15 is 0 Å². The number of benzene rings is 1. The Morgan fingerprint density at radius 2 is 2.15 bits per heavy atom. The SMILES string of the molecule is CCC(=O)Nc1cc(Cl)ccc1C(=O)N1CCCC1c1c(C)noc1C. The van der Waals surface area contributed by atoms with E-state index in [1.165, 1.54) is 0 Å². The van der Waals surface area contributed by atoms with Crippen molar-refractivity contribution in [1.82, 2.24) is 10.1 Å². The molecule has 1 atom stereocenters. The second kappa shape index (κ2) is 7.50. The maximum absolute atomic E-state index is 13.3. The maximum atomic E-state index is 13.3. The number of aromatic nitrogens is 1. The van der Waals surface area contributed by atoms with Gasteiger partial charge in [0.1, 0.15) is 5.76 Å². The van der Waals surface area contributed by atoms with Crippen molar-refractivity contribution in [2.24, 2.45) is 0 Å². The first-order valence-electron chi connectivity index (χ1n) is 8.75. The molecule has 1 aliphatic rings. The highest BCUT2D eigenvalue weighted by molar-refractivity contribution is 6.31. The van der Waals surface area contributed by atoms with E-state index in [0.717, 1.165) is 29.9 Å². The molecular weight excluding hydrogens is 354 g/mol. The zero-order valence-corrected chi connectivity index (χ0v) is 15.9. The van der Waals surface area contributed by atoms with E-state index in [1.54, 1.807) is 25.1 Å². The van der Waals surface area contributed by atoms with Crippen LogP contribution < -0.4 is 5.32 Å². The number of halogens is 1. The highest BCUT2D eigenvalue weighted by atomic mass is 35.5. The van der Waals surface area contributed by atoms with Gasteiger partial charge in [0, 0.05) is 23.6 Å². The fourth-order valence-electron chi connectivity index (χ4n) is 3.48. The summed E-state index contributed by atoms with van der Waals surface area (Å²) in [7, 11) is 0. The number of rotatable bonds is 4. The van der Waals surface area contributed by atoms with Gasteiger partial charge in [-0.05, 0) is 44.9 Å². The van der Waals surface area contributed by atoms with Crippen molar-refractivity contribution in [3.05, 3.63) is 45.8 Å². The summed E-state index contributed by atoms with van der Waals surface area (Å²) < 4.78 is 5.29. The van der Waals surface area contributed by atoms with Crippen molar-refractivity contribution < 1.29 is 14.1 Å². The molecule has 6 nitrogen and oxygen atoms in total. The first-order valence-corrected chi connectivity index (χ1v) is 9.13. The Labute approximate surface area is 157 Å². The first-order chi connectivity index (χ1) is 12.4. The minimum absolute atomic E-state index is 0.0702. The van der Waals surface area contributed by atoms with Crippen LogP contribution in [-0.4, -0.2) is 28.4 Å². The Morgan fingerprint density at radius 3 is 2.81 bits per heavy atom. The Kier molecular flexibility index (Phi) is 5.32. The largest absolute Gasteiger partial charge is 0.361 e. The summed E-state index contributed by atoms with van der Waals surface area (Å²) in [5.41, 5.74) is 2.67. The van der Waals surface area contributed by atoms with Gasteiger partial charge in [-0.3, -0.25) is 9.59 Å². The second-order valence-electron chi connectivity index (χ2n) is 6.49. The average molecular weight is 376 g/mol. The van der Waals surface area contributed by atoms with Gasteiger partial charge in [0.05, 0.1) is 23.0 Å². The summed E-state index contributed by atoms with van der Waals surface area (Å²) in [6.45, 7) is 6.17. The van der Waals surface area contributed by atoms with Crippen molar-refractivity contribution in [3.8, 4) is 0 Å². The molecule has 0 spiro atoms. The van der Waals surface area contributed by atoms with E-state index < -0.39 is 0 Å². The van der Waals surface area contributed by atoms with Crippen LogP contribution in [0.25, 0.3) is 0 Å². The molecule has 1 saturated heterocycles. The zero-order valence-electron chi connectivity index (χ0n) is 15.1. The van der Waals surface area contributed by atoms with E-state index in [2.05, 4.69) is 10.5 Å². The number of anilines is 1. The summed E-state index contributed by atoms with van der Waals surface area (Å²) in [6.07, 6.45) is 2.09. The van der Waals surface area contributed by atoms with Gasteiger partial charge < -0.3 is 14.7 Å². The fraction of sp³-hybridized carbons (Fsp3) is 0.421. The number of nitrogens with one attached hydrogen (secondary N) is 1. The second-order valence-corrected chi connectivity index (χ2v) is 6.92. The van der Waals surface area contributed by atoms with Crippen LogP contribution in [0.15, 0.2) is 22.7 Å². The van der Waals surface area contributed by atoms with Crippen LogP contribution in [0.3, 0.4) is 0 Å². The summed E-state index contributed by atoms with van der Waals surface area (Å²) in [4.78, 5) is 26.9. The Bertz CT molecular complexity index is 827. The zero-order chi connectivity index (χ0) is 18.8. The summed E-state index contributed by atoms with van der Waals surface area (Å²) in [6, 6.07) is 4.87. The van der Waals surface area contributed by atoms with Crippen LogP contribution in [0.4, 0.5) is 5.69 Å². The molecule has 3 rings (SSSR count). The van der Waals surface area contributed by atoms with Gasteiger partial charge >= 0.3 is 0 Å². The number of aryl methyl sites for hydroxylation is 2. The van der Waals surface area contributed by atoms with E-state index in [4.69, 9.17) is 16.1 Å². The van der Waals surface area contributed by atoms with Gasteiger partial charge in [-0.25, -0.2) is 0 Å². The van der Waals surface area contributed by atoms with Crippen molar-refractivity contribution >= 4 is 29.1 Å². The van der Waals surface area contributed by atoms with Crippen molar-refractivity contribution in [2.75, 3.05) is 11.9 Å². The minimum atomic E-state index is -0.162. The van der Waals surface area contributed by atoms with Gasteiger partial charge in [0.2, 0.25) is 5.91 Å². The first kappa shape index (κ1) is 18.5. The van der Waals surface area contributed by atoms with Gasteiger partial charge in [-0.15, -0.1) is 0 Å². The molecule has 7 heteroatoms. The topological polar surface area (TPSA) is 75.4 Å². The summed E-state index contributed by atoms with van der Waals surface area (Å²) in [5, 5.41) is 7.26. The highest BCUT2D eigenvalue weighted by Crippen LogP contribution is 2.37. The van der Waals surface area contributed by atoms with Gasteiger partial charge in [0.15, 0.2) is 0 Å². The molecule has 138 valence electrons. The van der Waals surface area contributed by atoms with Crippen LogP contribution in [0, 0.1) is 13.8 Å². The standard InChI is InChI=1S/C19H22ClN3O3/c1-4-17(24)21-15-10-13(20)7-8-14(15)19(25)23-9-5-6-16(23)18-11(2)22-26-12(18)3/h7-8,10,16H,4-6,9H2,1-3H3,(H,21,24). The lowest BCUT2D eigenvalue weighted by molar-refractivity contribution is -0.115. The lowest BCUT2D eigenvalue weighted by atomic mass is 10.0. The van der Waals surface area contributed by atoms with E-state index in [0.29, 0.717) is 29.2 Å². The average Bonchev–Trinajstić information content (AvgIpc) is 3.20. The number of carbonyl (C=O) groups is 2.